The zero-order chi connectivity index (χ0) is 23.8. The van der Waals surface area contributed by atoms with Gasteiger partial charge in [-0.15, -0.1) is 0 Å². The summed E-state index contributed by atoms with van der Waals surface area (Å²) in [4.78, 5) is 32.9. The molecule has 4 rings (SSSR count). The molecule has 1 aromatic heterocycles. The molecule has 0 atom stereocenters. The average Bonchev–Trinajstić information content (AvgIpc) is 3.08. The van der Waals surface area contributed by atoms with Crippen molar-refractivity contribution in [3.8, 4) is 11.5 Å². The van der Waals surface area contributed by atoms with Gasteiger partial charge in [-0.25, -0.2) is 4.39 Å². The highest BCUT2D eigenvalue weighted by molar-refractivity contribution is 6.74. The number of imide groups is 1. The molecule has 172 valence electrons. The van der Waals surface area contributed by atoms with Crippen LogP contribution in [0.4, 0.5) is 4.39 Å². The number of hydrogen-bond donors (Lipinski definition) is 0. The Morgan fingerprint density at radius 2 is 1.55 bits per heavy atom. The quantitative estimate of drug-likeness (QED) is 0.321. The fourth-order valence-electron chi connectivity index (χ4n) is 4.43. The SMILES string of the molecule is CC[Si](CC)(CC)Oc1c2c(c(OC)c3cccnc13)C(=O)N(Cc1ccc(F)cc1)C2=O. The third-order valence-corrected chi connectivity index (χ3v) is 11.1. The van der Waals surface area contributed by atoms with E-state index in [0.29, 0.717) is 28.0 Å². The number of amides is 2. The van der Waals surface area contributed by atoms with E-state index in [1.807, 2.05) is 6.07 Å². The van der Waals surface area contributed by atoms with E-state index in [4.69, 9.17) is 9.16 Å². The fourth-order valence-corrected chi connectivity index (χ4v) is 7.00. The first kappa shape index (κ1) is 22.9. The van der Waals surface area contributed by atoms with Crippen LogP contribution in [0.1, 0.15) is 47.1 Å². The molecule has 0 unspecified atom stereocenters. The van der Waals surface area contributed by atoms with Crippen LogP contribution in [0.5, 0.6) is 11.5 Å². The summed E-state index contributed by atoms with van der Waals surface area (Å²) in [6.45, 7) is 6.34. The van der Waals surface area contributed by atoms with Gasteiger partial charge in [0.2, 0.25) is 0 Å². The molecule has 0 fully saturated rings. The summed E-state index contributed by atoms with van der Waals surface area (Å²) in [5, 5.41) is 0.629. The van der Waals surface area contributed by atoms with Crippen LogP contribution in [0.15, 0.2) is 42.6 Å². The Kier molecular flexibility index (Phi) is 6.21. The van der Waals surface area contributed by atoms with E-state index in [1.165, 1.54) is 24.1 Å². The number of pyridine rings is 1. The Hall–Kier alpha value is -3.26. The van der Waals surface area contributed by atoms with Gasteiger partial charge in [-0.3, -0.25) is 19.5 Å². The van der Waals surface area contributed by atoms with Gasteiger partial charge in [0.25, 0.3) is 20.1 Å². The molecule has 0 bridgehead atoms. The molecule has 0 saturated carbocycles. The molecule has 3 aromatic rings. The first-order valence-electron chi connectivity index (χ1n) is 11.2. The van der Waals surface area contributed by atoms with E-state index in [1.54, 1.807) is 24.4 Å². The number of methoxy groups -OCH3 is 1. The summed E-state index contributed by atoms with van der Waals surface area (Å²) in [5.74, 6) is -0.596. The van der Waals surface area contributed by atoms with Crippen molar-refractivity contribution in [2.75, 3.05) is 7.11 Å². The lowest BCUT2D eigenvalue weighted by Gasteiger charge is -2.30. The van der Waals surface area contributed by atoms with Crippen LogP contribution >= 0.6 is 0 Å². The Bertz CT molecular complexity index is 1220. The highest BCUT2D eigenvalue weighted by atomic mass is 28.4. The van der Waals surface area contributed by atoms with Gasteiger partial charge in [0, 0.05) is 11.6 Å². The smallest absolute Gasteiger partial charge is 0.265 e. The van der Waals surface area contributed by atoms with Gasteiger partial charge in [-0.2, -0.15) is 0 Å². The third kappa shape index (κ3) is 3.78. The van der Waals surface area contributed by atoms with E-state index >= 15 is 0 Å². The van der Waals surface area contributed by atoms with Crippen molar-refractivity contribution in [3.63, 3.8) is 0 Å². The Morgan fingerprint density at radius 1 is 0.939 bits per heavy atom. The molecule has 2 amide bonds. The van der Waals surface area contributed by atoms with Crippen molar-refractivity contribution >= 4 is 31.0 Å². The largest absolute Gasteiger partial charge is 0.541 e. The second-order valence-electron chi connectivity index (χ2n) is 8.18. The maximum absolute atomic E-state index is 13.6. The number of fused-ring (bicyclic) bond motifs is 2. The van der Waals surface area contributed by atoms with E-state index < -0.39 is 20.1 Å². The molecule has 0 radical (unpaired) electrons. The minimum atomic E-state index is -2.20. The molecular formula is C25H27FN2O4Si. The molecule has 1 aliphatic rings. The molecule has 33 heavy (non-hydrogen) atoms. The normalized spacial score (nSPS) is 13.5. The summed E-state index contributed by atoms with van der Waals surface area (Å²) in [5.41, 5.74) is 1.57. The number of aromatic nitrogens is 1. The number of ether oxygens (including phenoxy) is 1. The number of halogens is 1. The number of benzene rings is 2. The molecule has 8 heteroatoms. The minimum Gasteiger partial charge on any atom is -0.541 e. The maximum atomic E-state index is 13.6. The topological polar surface area (TPSA) is 68.7 Å². The van der Waals surface area contributed by atoms with E-state index in [2.05, 4.69) is 25.8 Å². The molecule has 0 saturated heterocycles. The number of carbonyl (C=O) groups excluding carboxylic acids is 2. The average molecular weight is 467 g/mol. The van der Waals surface area contributed by atoms with E-state index in [0.717, 1.165) is 18.1 Å². The predicted molar refractivity (Wildman–Crippen MR) is 127 cm³/mol. The van der Waals surface area contributed by atoms with Crippen LogP contribution in [0.2, 0.25) is 18.1 Å². The van der Waals surface area contributed by atoms with Crippen LogP contribution in [-0.4, -0.2) is 37.1 Å². The number of rotatable bonds is 8. The molecular weight excluding hydrogens is 439 g/mol. The lowest BCUT2D eigenvalue weighted by atomic mass is 10.0. The Labute approximate surface area is 193 Å². The lowest BCUT2D eigenvalue weighted by molar-refractivity contribution is 0.0641. The van der Waals surface area contributed by atoms with Crippen LogP contribution in [0, 0.1) is 5.82 Å². The molecule has 0 spiro atoms. The third-order valence-electron chi connectivity index (χ3n) is 6.60. The highest BCUT2D eigenvalue weighted by Crippen LogP contribution is 2.46. The highest BCUT2D eigenvalue weighted by Gasteiger charge is 2.44. The second-order valence-corrected chi connectivity index (χ2v) is 12.9. The lowest BCUT2D eigenvalue weighted by Crippen LogP contribution is -2.40. The molecule has 1 aliphatic heterocycles. The van der Waals surface area contributed by atoms with Crippen LogP contribution in [0.3, 0.4) is 0 Å². The minimum absolute atomic E-state index is 0.0247. The van der Waals surface area contributed by atoms with Crippen molar-refractivity contribution in [2.24, 2.45) is 0 Å². The van der Waals surface area contributed by atoms with Gasteiger partial charge < -0.3 is 9.16 Å². The van der Waals surface area contributed by atoms with Gasteiger partial charge in [0.05, 0.1) is 24.8 Å². The van der Waals surface area contributed by atoms with Crippen LogP contribution in [0.25, 0.3) is 10.9 Å². The van der Waals surface area contributed by atoms with Crippen molar-refractivity contribution in [1.82, 2.24) is 9.88 Å². The van der Waals surface area contributed by atoms with Crippen molar-refractivity contribution in [1.29, 1.82) is 0 Å². The maximum Gasteiger partial charge on any atom is 0.265 e. The van der Waals surface area contributed by atoms with E-state index in [-0.39, 0.29) is 23.5 Å². The molecule has 6 nitrogen and oxygen atoms in total. The first-order valence-corrected chi connectivity index (χ1v) is 13.7. The van der Waals surface area contributed by atoms with E-state index in [9.17, 15) is 14.0 Å². The van der Waals surface area contributed by atoms with Gasteiger partial charge in [-0.1, -0.05) is 32.9 Å². The number of nitrogens with zero attached hydrogens (tertiary/aromatic N) is 2. The van der Waals surface area contributed by atoms with Gasteiger partial charge in [0.15, 0.2) is 0 Å². The summed E-state index contributed by atoms with van der Waals surface area (Å²) >= 11 is 0. The molecule has 0 N–H and O–H groups in total. The molecule has 2 heterocycles. The van der Waals surface area contributed by atoms with Gasteiger partial charge in [-0.05, 0) is 48.0 Å². The summed E-state index contributed by atoms with van der Waals surface area (Å²) in [6, 6.07) is 12.0. The van der Waals surface area contributed by atoms with Crippen molar-refractivity contribution < 1.29 is 23.1 Å². The summed E-state index contributed by atoms with van der Waals surface area (Å²) < 4.78 is 25.7. The molecule has 0 aliphatic carbocycles. The van der Waals surface area contributed by atoms with Crippen LogP contribution < -0.4 is 9.16 Å². The first-order chi connectivity index (χ1) is 15.9. The Morgan fingerprint density at radius 3 is 2.12 bits per heavy atom. The molecule has 2 aromatic carbocycles. The van der Waals surface area contributed by atoms with Crippen molar-refractivity contribution in [3.05, 3.63) is 65.1 Å². The summed E-state index contributed by atoms with van der Waals surface area (Å²) in [7, 11) is -0.726. The zero-order valence-corrected chi connectivity index (χ0v) is 20.3. The van der Waals surface area contributed by atoms with Crippen LogP contribution in [-0.2, 0) is 6.54 Å². The Balaban J connectivity index is 1.92. The fraction of sp³-hybridized carbons (Fsp3) is 0.320. The van der Waals surface area contributed by atoms with Crippen molar-refractivity contribution in [2.45, 2.75) is 45.4 Å². The second kappa shape index (κ2) is 8.94. The zero-order valence-electron chi connectivity index (χ0n) is 19.3. The van der Waals surface area contributed by atoms with Gasteiger partial charge >= 0.3 is 0 Å². The predicted octanol–water partition coefficient (Wildman–Crippen LogP) is 5.56. The monoisotopic (exact) mass is 466 g/mol. The number of hydrogen-bond acceptors (Lipinski definition) is 5. The number of carbonyl (C=O) groups is 2. The van der Waals surface area contributed by atoms with Gasteiger partial charge in [0.1, 0.15) is 22.8 Å². The summed E-state index contributed by atoms with van der Waals surface area (Å²) in [6.07, 6.45) is 1.64. The standard InChI is InChI=1S/C25H27FN2O4Si/c1-5-33(6-2,7-3)32-23-20-19(22(31-4)18-9-8-14-27-21(18)23)24(29)28(25(20)30)15-16-10-12-17(26)13-11-16/h8-14H,5-7,15H2,1-4H3.